The number of H-pyrrole nitrogens is 1. The molecule has 1 aromatic carbocycles. The van der Waals surface area contributed by atoms with E-state index in [9.17, 15) is 9.59 Å². The lowest BCUT2D eigenvalue weighted by atomic mass is 10.1. The summed E-state index contributed by atoms with van der Waals surface area (Å²) in [6.45, 7) is 0.447. The van der Waals surface area contributed by atoms with Crippen LogP contribution < -0.4 is 10.9 Å². The van der Waals surface area contributed by atoms with Crippen LogP contribution in [0, 0.1) is 0 Å². The van der Waals surface area contributed by atoms with E-state index in [1.165, 1.54) is 12.3 Å². The Hall–Kier alpha value is -2.95. The third-order valence-electron chi connectivity index (χ3n) is 3.46. The van der Waals surface area contributed by atoms with Crippen LogP contribution >= 0.6 is 0 Å². The third-order valence-corrected chi connectivity index (χ3v) is 3.46. The van der Waals surface area contributed by atoms with Crippen molar-refractivity contribution >= 4 is 16.8 Å². The van der Waals surface area contributed by atoms with Crippen molar-refractivity contribution in [3.8, 4) is 0 Å². The number of benzene rings is 1. The predicted octanol–water partition coefficient (Wildman–Crippen LogP) is 1.90. The lowest BCUT2D eigenvalue weighted by Crippen LogP contribution is -2.30. The first-order valence-electron chi connectivity index (χ1n) is 7.04. The topological polar surface area (TPSA) is 74.8 Å². The van der Waals surface area contributed by atoms with Crippen LogP contribution in [0.2, 0.25) is 0 Å². The van der Waals surface area contributed by atoms with Gasteiger partial charge in [0.15, 0.2) is 0 Å². The summed E-state index contributed by atoms with van der Waals surface area (Å²) in [5, 5.41) is 3.84. The molecule has 2 aromatic heterocycles. The zero-order valence-corrected chi connectivity index (χ0v) is 11.9. The van der Waals surface area contributed by atoms with Gasteiger partial charge in [-0.25, -0.2) is 0 Å². The highest BCUT2D eigenvalue weighted by Gasteiger charge is 2.09. The fourth-order valence-electron chi connectivity index (χ4n) is 2.38. The largest absolute Gasteiger partial charge is 0.352 e. The van der Waals surface area contributed by atoms with E-state index in [4.69, 9.17) is 0 Å². The van der Waals surface area contributed by atoms with Gasteiger partial charge in [-0.3, -0.25) is 14.6 Å². The zero-order valence-electron chi connectivity index (χ0n) is 11.9. The summed E-state index contributed by atoms with van der Waals surface area (Å²) in [7, 11) is 0. The summed E-state index contributed by atoms with van der Waals surface area (Å²) < 4.78 is 0. The van der Waals surface area contributed by atoms with Crippen molar-refractivity contribution in [2.24, 2.45) is 0 Å². The van der Waals surface area contributed by atoms with Gasteiger partial charge < -0.3 is 10.3 Å². The molecule has 22 heavy (non-hydrogen) atoms. The first-order valence-corrected chi connectivity index (χ1v) is 7.04. The minimum Gasteiger partial charge on any atom is -0.352 e. The average Bonchev–Trinajstić information content (AvgIpc) is 2.55. The van der Waals surface area contributed by atoms with E-state index in [1.54, 1.807) is 12.3 Å². The van der Waals surface area contributed by atoms with Crippen molar-refractivity contribution in [2.75, 3.05) is 6.54 Å². The average molecular weight is 293 g/mol. The molecular formula is C17H15N3O2. The van der Waals surface area contributed by atoms with Crippen molar-refractivity contribution < 1.29 is 4.79 Å². The van der Waals surface area contributed by atoms with E-state index in [-0.39, 0.29) is 17.0 Å². The van der Waals surface area contributed by atoms with Crippen LogP contribution in [-0.4, -0.2) is 22.4 Å². The van der Waals surface area contributed by atoms with Gasteiger partial charge in [0.25, 0.3) is 11.5 Å². The van der Waals surface area contributed by atoms with Crippen LogP contribution in [0.4, 0.5) is 0 Å². The maximum Gasteiger partial charge on any atom is 0.260 e. The molecule has 5 heteroatoms. The Morgan fingerprint density at radius 1 is 1.14 bits per heavy atom. The number of amides is 1. The maximum absolute atomic E-state index is 12.0. The smallest absolute Gasteiger partial charge is 0.260 e. The molecule has 0 unspecified atom stereocenters. The third kappa shape index (κ3) is 2.88. The Labute approximate surface area is 127 Å². The second-order valence-corrected chi connectivity index (χ2v) is 4.91. The Morgan fingerprint density at radius 3 is 2.86 bits per heavy atom. The Balaban J connectivity index is 1.69. The van der Waals surface area contributed by atoms with Crippen LogP contribution in [0.15, 0.2) is 59.7 Å². The van der Waals surface area contributed by atoms with Crippen molar-refractivity contribution in [1.82, 2.24) is 15.3 Å². The number of para-hydroxylation sites is 1. The van der Waals surface area contributed by atoms with Crippen molar-refractivity contribution in [1.29, 1.82) is 0 Å². The van der Waals surface area contributed by atoms with Crippen LogP contribution in [0.1, 0.15) is 15.9 Å². The number of carbonyl (C=O) groups excluding carboxylic acids is 1. The lowest BCUT2D eigenvalue weighted by Gasteiger charge is -2.07. The van der Waals surface area contributed by atoms with Gasteiger partial charge in [-0.15, -0.1) is 0 Å². The Morgan fingerprint density at radius 2 is 2.00 bits per heavy atom. The van der Waals surface area contributed by atoms with Gasteiger partial charge in [0.05, 0.1) is 5.52 Å². The first-order chi connectivity index (χ1) is 10.8. The van der Waals surface area contributed by atoms with Crippen LogP contribution in [0.3, 0.4) is 0 Å². The molecule has 0 saturated heterocycles. The van der Waals surface area contributed by atoms with Gasteiger partial charge in [-0.1, -0.05) is 24.3 Å². The number of nitrogens with one attached hydrogen (secondary N) is 2. The molecule has 5 nitrogen and oxygen atoms in total. The summed E-state index contributed by atoms with van der Waals surface area (Å²) in [6.07, 6.45) is 3.92. The molecule has 1 amide bonds. The standard InChI is InChI=1S/C17H15N3O2/c21-16-14(7-3-10-19-16)17(22)20-11-8-13-5-1-4-12-6-2-9-18-15(12)13/h1-7,9-10H,8,11H2,(H,19,21)(H,20,22). The summed E-state index contributed by atoms with van der Waals surface area (Å²) in [5.41, 5.74) is 1.75. The van der Waals surface area contributed by atoms with Gasteiger partial charge in [0.2, 0.25) is 0 Å². The SMILES string of the molecule is O=C(NCCc1cccc2cccnc12)c1ccc[nH]c1=O. The molecule has 110 valence electrons. The molecule has 0 atom stereocenters. The van der Waals surface area contributed by atoms with E-state index < -0.39 is 0 Å². The fraction of sp³-hybridized carbons (Fsp3) is 0.118. The number of carbonyl (C=O) groups is 1. The molecule has 0 bridgehead atoms. The highest BCUT2D eigenvalue weighted by molar-refractivity contribution is 5.93. The van der Waals surface area contributed by atoms with Gasteiger partial charge in [-0.2, -0.15) is 0 Å². The second-order valence-electron chi connectivity index (χ2n) is 4.91. The monoisotopic (exact) mass is 293 g/mol. The van der Waals surface area contributed by atoms with Gasteiger partial charge in [0.1, 0.15) is 5.56 Å². The van der Waals surface area contributed by atoms with Gasteiger partial charge in [-0.05, 0) is 30.2 Å². The minimum absolute atomic E-state index is 0.124. The molecule has 0 spiro atoms. The van der Waals surface area contributed by atoms with Crippen LogP contribution in [0.25, 0.3) is 10.9 Å². The molecule has 0 fully saturated rings. The molecule has 0 aliphatic heterocycles. The Bertz CT molecular complexity index is 865. The fourth-order valence-corrected chi connectivity index (χ4v) is 2.38. The van der Waals surface area contributed by atoms with Crippen LogP contribution in [0.5, 0.6) is 0 Å². The number of fused-ring (bicyclic) bond motifs is 1. The maximum atomic E-state index is 12.0. The zero-order chi connectivity index (χ0) is 15.4. The number of hydrogen-bond donors (Lipinski definition) is 2. The lowest BCUT2D eigenvalue weighted by molar-refractivity contribution is 0.0952. The molecule has 0 radical (unpaired) electrons. The van der Waals surface area contributed by atoms with E-state index in [0.717, 1.165) is 16.5 Å². The summed E-state index contributed by atoms with van der Waals surface area (Å²) in [4.78, 5) is 30.4. The van der Waals surface area contributed by atoms with Gasteiger partial charge >= 0.3 is 0 Å². The number of aromatic nitrogens is 2. The number of hydrogen-bond acceptors (Lipinski definition) is 3. The number of pyridine rings is 2. The van der Waals surface area contributed by atoms with Crippen molar-refractivity contribution in [3.63, 3.8) is 0 Å². The van der Waals surface area contributed by atoms with E-state index in [1.807, 2.05) is 30.3 Å². The van der Waals surface area contributed by atoms with Gasteiger partial charge in [0, 0.05) is 24.3 Å². The molecular weight excluding hydrogens is 278 g/mol. The molecule has 0 aliphatic rings. The number of rotatable bonds is 4. The molecule has 2 heterocycles. The van der Waals surface area contributed by atoms with E-state index in [2.05, 4.69) is 15.3 Å². The van der Waals surface area contributed by atoms with Crippen molar-refractivity contribution in [3.05, 3.63) is 76.3 Å². The van der Waals surface area contributed by atoms with E-state index in [0.29, 0.717) is 13.0 Å². The molecule has 0 aliphatic carbocycles. The summed E-state index contributed by atoms with van der Waals surface area (Å²) >= 11 is 0. The van der Waals surface area contributed by atoms with E-state index >= 15 is 0 Å². The molecule has 3 rings (SSSR count). The second kappa shape index (κ2) is 6.22. The Kier molecular flexibility index (Phi) is 3.96. The van der Waals surface area contributed by atoms with Crippen molar-refractivity contribution in [2.45, 2.75) is 6.42 Å². The molecule has 0 saturated carbocycles. The normalized spacial score (nSPS) is 10.5. The summed E-state index contributed by atoms with van der Waals surface area (Å²) in [6, 6.07) is 13.0. The highest BCUT2D eigenvalue weighted by atomic mass is 16.2. The number of aromatic amines is 1. The summed E-state index contributed by atoms with van der Waals surface area (Å²) in [5.74, 6) is -0.366. The number of nitrogens with zero attached hydrogens (tertiary/aromatic N) is 1. The highest BCUT2D eigenvalue weighted by Crippen LogP contribution is 2.15. The van der Waals surface area contributed by atoms with Crippen LogP contribution in [-0.2, 0) is 6.42 Å². The molecule has 3 aromatic rings. The minimum atomic E-state index is -0.383. The molecule has 2 N–H and O–H groups in total. The predicted molar refractivity (Wildman–Crippen MR) is 84.8 cm³/mol. The first kappa shape index (κ1) is 14.0. The quantitative estimate of drug-likeness (QED) is 0.771.